The lowest BCUT2D eigenvalue weighted by atomic mass is 10.1. The van der Waals surface area contributed by atoms with Crippen molar-refractivity contribution in [3.63, 3.8) is 0 Å². The average molecular weight is 368 g/mol. The van der Waals surface area contributed by atoms with E-state index in [1.165, 1.54) is 10.4 Å². The SMILES string of the molecule is O=C(c1cnc2c(c1)ncn2C1CCOCC1)N1CCc2sccc2C1. The monoisotopic (exact) mass is 368 g/mol. The average Bonchev–Trinajstić information content (AvgIpc) is 3.33. The number of rotatable bonds is 2. The van der Waals surface area contributed by atoms with E-state index in [0.29, 0.717) is 18.2 Å². The van der Waals surface area contributed by atoms with Gasteiger partial charge in [0.2, 0.25) is 0 Å². The summed E-state index contributed by atoms with van der Waals surface area (Å²) in [5.74, 6) is 0.0388. The summed E-state index contributed by atoms with van der Waals surface area (Å²) in [6, 6.07) is 4.38. The Morgan fingerprint density at radius 3 is 3.04 bits per heavy atom. The Balaban J connectivity index is 1.40. The van der Waals surface area contributed by atoms with Crippen LogP contribution in [0.15, 0.2) is 30.0 Å². The Morgan fingerprint density at radius 2 is 2.15 bits per heavy atom. The molecular weight excluding hydrogens is 348 g/mol. The molecule has 6 nitrogen and oxygen atoms in total. The first-order valence-corrected chi connectivity index (χ1v) is 9.92. The van der Waals surface area contributed by atoms with E-state index >= 15 is 0 Å². The van der Waals surface area contributed by atoms with Crippen LogP contribution in [0.5, 0.6) is 0 Å². The second-order valence-corrected chi connectivity index (χ2v) is 7.91. The molecule has 0 saturated carbocycles. The van der Waals surface area contributed by atoms with Gasteiger partial charge >= 0.3 is 0 Å². The number of fused-ring (bicyclic) bond motifs is 2. The predicted molar refractivity (Wildman–Crippen MR) is 99.4 cm³/mol. The van der Waals surface area contributed by atoms with Crippen LogP contribution in [0.2, 0.25) is 0 Å². The smallest absolute Gasteiger partial charge is 0.255 e. The van der Waals surface area contributed by atoms with E-state index < -0.39 is 0 Å². The summed E-state index contributed by atoms with van der Waals surface area (Å²) < 4.78 is 7.57. The fraction of sp³-hybridized carbons (Fsp3) is 0.421. The van der Waals surface area contributed by atoms with Crippen molar-refractivity contribution < 1.29 is 9.53 Å². The van der Waals surface area contributed by atoms with Crippen molar-refractivity contribution in [2.24, 2.45) is 0 Å². The zero-order valence-electron chi connectivity index (χ0n) is 14.4. The van der Waals surface area contributed by atoms with Gasteiger partial charge in [-0.3, -0.25) is 4.79 Å². The van der Waals surface area contributed by atoms with Crippen molar-refractivity contribution in [3.05, 3.63) is 46.0 Å². The number of hydrogen-bond donors (Lipinski definition) is 0. The molecule has 3 aromatic rings. The summed E-state index contributed by atoms with van der Waals surface area (Å²) in [6.07, 6.45) is 6.44. The lowest BCUT2D eigenvalue weighted by Gasteiger charge is -2.27. The van der Waals surface area contributed by atoms with Gasteiger partial charge < -0.3 is 14.2 Å². The molecule has 0 bridgehead atoms. The summed E-state index contributed by atoms with van der Waals surface area (Å²) in [5.41, 5.74) is 3.53. The second-order valence-electron chi connectivity index (χ2n) is 6.91. The maximum atomic E-state index is 12.9. The predicted octanol–water partition coefficient (Wildman–Crippen LogP) is 3.04. The first-order chi connectivity index (χ1) is 12.8. The van der Waals surface area contributed by atoms with E-state index in [1.807, 2.05) is 17.3 Å². The Bertz CT molecular complexity index is 958. The molecule has 0 N–H and O–H groups in total. The molecule has 2 aliphatic rings. The largest absolute Gasteiger partial charge is 0.381 e. The molecule has 0 aromatic carbocycles. The molecule has 0 spiro atoms. The third-order valence-electron chi connectivity index (χ3n) is 5.34. The highest BCUT2D eigenvalue weighted by molar-refractivity contribution is 7.10. The van der Waals surface area contributed by atoms with Crippen LogP contribution >= 0.6 is 11.3 Å². The van der Waals surface area contributed by atoms with Crippen LogP contribution in [0, 0.1) is 0 Å². The summed E-state index contributed by atoms with van der Waals surface area (Å²) in [5, 5.41) is 2.11. The van der Waals surface area contributed by atoms with Gasteiger partial charge in [0.1, 0.15) is 5.52 Å². The van der Waals surface area contributed by atoms with Crippen molar-refractivity contribution in [1.29, 1.82) is 0 Å². The molecule has 1 amide bonds. The lowest BCUT2D eigenvalue weighted by Crippen LogP contribution is -2.35. The number of ether oxygens (including phenoxy) is 1. The summed E-state index contributed by atoms with van der Waals surface area (Å²) >= 11 is 1.78. The van der Waals surface area contributed by atoms with E-state index in [0.717, 1.165) is 50.2 Å². The first kappa shape index (κ1) is 16.0. The molecule has 26 heavy (non-hydrogen) atoms. The number of nitrogens with zero attached hydrogens (tertiary/aromatic N) is 4. The number of hydrogen-bond acceptors (Lipinski definition) is 5. The summed E-state index contributed by atoms with van der Waals surface area (Å²) in [6.45, 7) is 3.01. The highest BCUT2D eigenvalue weighted by Crippen LogP contribution is 2.27. The van der Waals surface area contributed by atoms with Crippen molar-refractivity contribution in [3.8, 4) is 0 Å². The second kappa shape index (κ2) is 6.48. The molecule has 0 radical (unpaired) electrons. The maximum absolute atomic E-state index is 12.9. The quantitative estimate of drug-likeness (QED) is 0.698. The Kier molecular flexibility index (Phi) is 3.98. The van der Waals surface area contributed by atoms with Crippen LogP contribution in [0.1, 0.15) is 39.7 Å². The van der Waals surface area contributed by atoms with Crippen LogP contribution in [0.25, 0.3) is 11.2 Å². The van der Waals surface area contributed by atoms with Gasteiger partial charge in [-0.1, -0.05) is 0 Å². The molecule has 0 unspecified atom stereocenters. The maximum Gasteiger partial charge on any atom is 0.255 e. The van der Waals surface area contributed by atoms with E-state index in [4.69, 9.17) is 4.74 Å². The van der Waals surface area contributed by atoms with Gasteiger partial charge in [-0.25, -0.2) is 9.97 Å². The molecule has 5 heterocycles. The number of pyridine rings is 1. The zero-order chi connectivity index (χ0) is 17.5. The van der Waals surface area contributed by atoms with E-state index in [1.54, 1.807) is 17.5 Å². The summed E-state index contributed by atoms with van der Waals surface area (Å²) in [7, 11) is 0. The van der Waals surface area contributed by atoms with Gasteiger partial charge in [0.05, 0.1) is 11.9 Å². The topological polar surface area (TPSA) is 60.3 Å². The molecule has 134 valence electrons. The van der Waals surface area contributed by atoms with Gasteiger partial charge in [-0.2, -0.15) is 0 Å². The van der Waals surface area contributed by atoms with Crippen LogP contribution in [0.3, 0.4) is 0 Å². The van der Waals surface area contributed by atoms with Crippen molar-refractivity contribution in [2.75, 3.05) is 19.8 Å². The molecule has 5 rings (SSSR count). The lowest BCUT2D eigenvalue weighted by molar-refractivity contribution is 0.0704. The van der Waals surface area contributed by atoms with Gasteiger partial charge in [0.25, 0.3) is 5.91 Å². The molecule has 1 fully saturated rings. The fourth-order valence-electron chi connectivity index (χ4n) is 3.87. The number of carbonyl (C=O) groups is 1. The molecule has 3 aromatic heterocycles. The normalized spacial score (nSPS) is 18.2. The molecule has 7 heteroatoms. The minimum Gasteiger partial charge on any atom is -0.381 e. The molecule has 0 atom stereocenters. The first-order valence-electron chi connectivity index (χ1n) is 9.04. The number of aromatic nitrogens is 3. The van der Waals surface area contributed by atoms with Crippen molar-refractivity contribution in [1.82, 2.24) is 19.4 Å². The summed E-state index contributed by atoms with van der Waals surface area (Å²) in [4.78, 5) is 25.3. The Hall–Kier alpha value is -2.25. The fourth-order valence-corrected chi connectivity index (χ4v) is 4.76. The standard InChI is InChI=1S/C19H20N4O2S/c24-19(22-5-1-17-13(11-22)4-8-26-17)14-9-16-18(20-10-14)23(12-21-16)15-2-6-25-7-3-15/h4,8-10,12,15H,1-3,5-7,11H2. The van der Waals surface area contributed by atoms with Gasteiger partial charge in [0.15, 0.2) is 5.65 Å². The van der Waals surface area contributed by atoms with Crippen LogP contribution in [-0.4, -0.2) is 45.1 Å². The molecule has 1 saturated heterocycles. The molecule has 0 aliphatic carbocycles. The Labute approximate surface area is 155 Å². The van der Waals surface area contributed by atoms with Gasteiger partial charge in [-0.15, -0.1) is 11.3 Å². The van der Waals surface area contributed by atoms with Gasteiger partial charge in [-0.05, 0) is 42.3 Å². The highest BCUT2D eigenvalue weighted by Gasteiger charge is 2.24. The number of imidazole rings is 1. The van der Waals surface area contributed by atoms with Crippen molar-refractivity contribution in [2.45, 2.75) is 31.8 Å². The molecular formula is C19H20N4O2S. The minimum absolute atomic E-state index is 0.0388. The third-order valence-corrected chi connectivity index (χ3v) is 6.36. The van der Waals surface area contributed by atoms with Crippen LogP contribution in [0.4, 0.5) is 0 Å². The number of thiophene rings is 1. The Morgan fingerprint density at radius 1 is 1.27 bits per heavy atom. The minimum atomic E-state index is 0.0388. The van der Waals surface area contributed by atoms with Crippen LogP contribution in [-0.2, 0) is 17.7 Å². The zero-order valence-corrected chi connectivity index (χ0v) is 15.2. The highest BCUT2D eigenvalue weighted by atomic mass is 32.1. The molecule has 2 aliphatic heterocycles. The van der Waals surface area contributed by atoms with E-state index in [9.17, 15) is 4.79 Å². The van der Waals surface area contributed by atoms with E-state index in [-0.39, 0.29) is 5.91 Å². The van der Waals surface area contributed by atoms with Gasteiger partial charge in [0, 0.05) is 43.4 Å². The number of amides is 1. The third kappa shape index (κ3) is 2.71. The van der Waals surface area contributed by atoms with E-state index in [2.05, 4.69) is 26.0 Å². The number of carbonyl (C=O) groups excluding carboxylic acids is 1. The van der Waals surface area contributed by atoms with Crippen molar-refractivity contribution >= 4 is 28.4 Å². The van der Waals surface area contributed by atoms with Crippen LogP contribution < -0.4 is 0 Å².